The highest BCUT2D eigenvalue weighted by molar-refractivity contribution is 5.77. The van der Waals surface area contributed by atoms with Crippen LogP contribution in [0.1, 0.15) is 271 Å². The molecule has 64 heavy (non-hydrogen) atoms. The third-order valence-corrected chi connectivity index (χ3v) is 12.4. The molecule has 372 valence electrons. The topological polar surface area (TPSA) is 95.9 Å². The first kappa shape index (κ1) is 61.6. The summed E-state index contributed by atoms with van der Waals surface area (Å²) in [7, 11) is 0. The molecule has 0 aliphatic rings. The number of aliphatic hydroxyl groups excluding tert-OH is 2. The maximum absolute atomic E-state index is 13.2. The van der Waals surface area contributed by atoms with Crippen molar-refractivity contribution in [3.05, 3.63) is 60.8 Å². The molecule has 6 heteroatoms. The minimum absolute atomic E-state index is 0.0591. The van der Waals surface area contributed by atoms with E-state index in [2.05, 4.69) is 86.8 Å². The smallest absolute Gasteiger partial charge is 0.306 e. The fourth-order valence-electron chi connectivity index (χ4n) is 8.17. The van der Waals surface area contributed by atoms with E-state index in [4.69, 9.17) is 4.74 Å². The van der Waals surface area contributed by atoms with Crippen molar-refractivity contribution < 1.29 is 24.5 Å². The van der Waals surface area contributed by atoms with Crippen LogP contribution in [0.2, 0.25) is 0 Å². The van der Waals surface area contributed by atoms with E-state index in [1.54, 1.807) is 0 Å². The molecule has 0 fully saturated rings. The Labute approximate surface area is 397 Å². The van der Waals surface area contributed by atoms with Gasteiger partial charge in [0.05, 0.1) is 25.2 Å². The molecule has 0 spiro atoms. The van der Waals surface area contributed by atoms with Gasteiger partial charge in [0.15, 0.2) is 0 Å². The normalized spacial score (nSPS) is 13.6. The average Bonchev–Trinajstić information content (AvgIpc) is 3.29. The zero-order chi connectivity index (χ0) is 46.7. The van der Waals surface area contributed by atoms with Gasteiger partial charge < -0.3 is 20.3 Å². The zero-order valence-corrected chi connectivity index (χ0v) is 42.4. The summed E-state index contributed by atoms with van der Waals surface area (Å²) in [5, 5.41) is 23.8. The SMILES string of the molecule is CCCCC/C=C\C/C=C\CCCCCCCC(CC(=O)NC(CO)C(O)CCCCCCCCCCCCCC)OC(=O)CCCCCCC/C=C/C=C/C=C/CCCCCCC. The Bertz CT molecular complexity index is 1140. The average molecular weight is 896 g/mol. The van der Waals surface area contributed by atoms with Gasteiger partial charge in [-0.15, -0.1) is 0 Å². The Morgan fingerprint density at radius 1 is 0.469 bits per heavy atom. The summed E-state index contributed by atoms with van der Waals surface area (Å²) in [4.78, 5) is 26.2. The standard InChI is InChI=1S/C58H105NO5/c1-4-7-10-13-16-19-22-25-27-28-29-31-33-36-39-42-45-48-51-58(63)64-54(49-46-43-40-37-34-32-30-26-23-20-17-14-11-8-5-2)52-57(62)59-55(53-60)56(61)50-47-44-41-38-35-24-21-18-15-12-9-6-3/h17,20,22,25-31,54-56,60-61H,4-16,18-19,21,23-24,32-53H2,1-3H3,(H,59,62)/b20-17-,25-22+,28-27+,30-26-,31-29+. The summed E-state index contributed by atoms with van der Waals surface area (Å²) in [5.74, 6) is -0.506. The van der Waals surface area contributed by atoms with Crippen LogP contribution < -0.4 is 5.32 Å². The summed E-state index contributed by atoms with van der Waals surface area (Å²) in [6.07, 6.45) is 64.2. The fourth-order valence-corrected chi connectivity index (χ4v) is 8.17. The van der Waals surface area contributed by atoms with Crippen molar-refractivity contribution in [3.8, 4) is 0 Å². The minimum atomic E-state index is -0.797. The highest BCUT2D eigenvalue weighted by Gasteiger charge is 2.24. The lowest BCUT2D eigenvalue weighted by Crippen LogP contribution is -2.46. The first-order valence-corrected chi connectivity index (χ1v) is 27.5. The Morgan fingerprint density at radius 2 is 0.859 bits per heavy atom. The lowest BCUT2D eigenvalue weighted by Gasteiger charge is -2.24. The van der Waals surface area contributed by atoms with Gasteiger partial charge in [0.1, 0.15) is 6.10 Å². The molecule has 0 aliphatic heterocycles. The summed E-state index contributed by atoms with van der Waals surface area (Å²) in [5.41, 5.74) is 0. The van der Waals surface area contributed by atoms with Gasteiger partial charge in [0, 0.05) is 6.42 Å². The van der Waals surface area contributed by atoms with Gasteiger partial charge in [-0.1, -0.05) is 236 Å². The molecule has 3 unspecified atom stereocenters. The molecule has 1 amide bonds. The number of hydrogen-bond acceptors (Lipinski definition) is 5. The lowest BCUT2D eigenvalue weighted by molar-refractivity contribution is -0.151. The number of amides is 1. The van der Waals surface area contributed by atoms with Crippen LogP contribution in [-0.4, -0.2) is 46.9 Å². The third-order valence-electron chi connectivity index (χ3n) is 12.4. The van der Waals surface area contributed by atoms with Crippen LogP contribution in [0.5, 0.6) is 0 Å². The molecule has 6 nitrogen and oxygen atoms in total. The van der Waals surface area contributed by atoms with Gasteiger partial charge in [-0.2, -0.15) is 0 Å². The van der Waals surface area contributed by atoms with Crippen molar-refractivity contribution >= 4 is 11.9 Å². The number of nitrogens with one attached hydrogen (secondary N) is 1. The van der Waals surface area contributed by atoms with Crippen molar-refractivity contribution in [3.63, 3.8) is 0 Å². The Hall–Kier alpha value is -2.44. The van der Waals surface area contributed by atoms with Crippen molar-refractivity contribution in [1.29, 1.82) is 0 Å². The number of hydrogen-bond donors (Lipinski definition) is 3. The van der Waals surface area contributed by atoms with Gasteiger partial charge in [0.25, 0.3) is 0 Å². The number of allylic oxidation sites excluding steroid dienone is 10. The second-order valence-corrected chi connectivity index (χ2v) is 18.7. The van der Waals surface area contributed by atoms with E-state index < -0.39 is 18.2 Å². The molecule has 0 bridgehead atoms. The molecule has 0 aromatic rings. The van der Waals surface area contributed by atoms with Gasteiger partial charge in [0.2, 0.25) is 5.91 Å². The number of rotatable bonds is 49. The molecule has 0 saturated carbocycles. The maximum Gasteiger partial charge on any atom is 0.306 e. The fraction of sp³-hybridized carbons (Fsp3) is 0.793. The first-order valence-electron chi connectivity index (χ1n) is 27.5. The van der Waals surface area contributed by atoms with Crippen molar-refractivity contribution in [2.24, 2.45) is 0 Å². The Balaban J connectivity index is 4.64. The number of esters is 1. The van der Waals surface area contributed by atoms with Crippen LogP contribution in [-0.2, 0) is 14.3 Å². The predicted molar refractivity (Wildman–Crippen MR) is 278 cm³/mol. The van der Waals surface area contributed by atoms with Crippen LogP contribution in [0.4, 0.5) is 0 Å². The Morgan fingerprint density at radius 3 is 1.34 bits per heavy atom. The summed E-state index contributed by atoms with van der Waals surface area (Å²) in [6, 6.07) is -0.712. The zero-order valence-electron chi connectivity index (χ0n) is 42.4. The molecular formula is C58H105NO5. The summed E-state index contributed by atoms with van der Waals surface area (Å²) < 4.78 is 5.94. The largest absolute Gasteiger partial charge is 0.462 e. The number of carbonyl (C=O) groups is 2. The van der Waals surface area contributed by atoms with Crippen molar-refractivity contribution in [2.45, 2.75) is 289 Å². The van der Waals surface area contributed by atoms with Crippen LogP contribution in [0.3, 0.4) is 0 Å². The van der Waals surface area contributed by atoms with Crippen LogP contribution in [0.25, 0.3) is 0 Å². The molecule has 0 aromatic heterocycles. The molecule has 3 atom stereocenters. The second-order valence-electron chi connectivity index (χ2n) is 18.7. The molecule has 3 N–H and O–H groups in total. The molecule has 0 aromatic carbocycles. The molecular weight excluding hydrogens is 791 g/mol. The van der Waals surface area contributed by atoms with Gasteiger partial charge in [-0.25, -0.2) is 0 Å². The first-order chi connectivity index (χ1) is 31.5. The molecule has 0 heterocycles. The molecule has 0 rings (SSSR count). The predicted octanol–water partition coefficient (Wildman–Crippen LogP) is 16.8. The monoisotopic (exact) mass is 896 g/mol. The van der Waals surface area contributed by atoms with E-state index in [9.17, 15) is 19.8 Å². The number of ether oxygens (including phenoxy) is 1. The molecule has 0 radical (unpaired) electrons. The highest BCUT2D eigenvalue weighted by Crippen LogP contribution is 2.18. The van der Waals surface area contributed by atoms with E-state index in [0.29, 0.717) is 19.3 Å². The summed E-state index contributed by atoms with van der Waals surface area (Å²) >= 11 is 0. The van der Waals surface area contributed by atoms with Gasteiger partial charge in [-0.05, 0) is 83.5 Å². The maximum atomic E-state index is 13.2. The molecule has 0 saturated heterocycles. The van der Waals surface area contributed by atoms with E-state index in [1.807, 2.05) is 0 Å². The second kappa shape index (κ2) is 51.5. The van der Waals surface area contributed by atoms with Gasteiger partial charge >= 0.3 is 5.97 Å². The van der Waals surface area contributed by atoms with Gasteiger partial charge in [-0.3, -0.25) is 9.59 Å². The Kier molecular flexibility index (Phi) is 49.6. The summed E-state index contributed by atoms with van der Waals surface area (Å²) in [6.45, 7) is 6.44. The minimum Gasteiger partial charge on any atom is -0.462 e. The third kappa shape index (κ3) is 46.1. The number of unbranched alkanes of at least 4 members (excludes halogenated alkanes) is 29. The highest BCUT2D eigenvalue weighted by atomic mass is 16.5. The van der Waals surface area contributed by atoms with Crippen molar-refractivity contribution in [2.75, 3.05) is 6.61 Å². The van der Waals surface area contributed by atoms with Crippen molar-refractivity contribution in [1.82, 2.24) is 5.32 Å². The quantitative estimate of drug-likeness (QED) is 0.0245. The van der Waals surface area contributed by atoms with E-state index >= 15 is 0 Å². The van der Waals surface area contributed by atoms with E-state index in [-0.39, 0.29) is 24.9 Å². The van der Waals surface area contributed by atoms with Crippen LogP contribution in [0.15, 0.2) is 60.8 Å². The van der Waals surface area contributed by atoms with Crippen LogP contribution >= 0.6 is 0 Å². The van der Waals surface area contributed by atoms with Crippen LogP contribution in [0, 0.1) is 0 Å². The number of carbonyl (C=O) groups excluding carboxylic acids is 2. The number of aliphatic hydroxyl groups is 2. The molecule has 0 aliphatic carbocycles. The van der Waals surface area contributed by atoms with E-state index in [1.165, 1.54) is 135 Å². The lowest BCUT2D eigenvalue weighted by atomic mass is 10.0. The van der Waals surface area contributed by atoms with E-state index in [0.717, 1.165) is 89.9 Å².